The van der Waals surface area contributed by atoms with Crippen LogP contribution in [0.1, 0.15) is 50.9 Å². The van der Waals surface area contributed by atoms with Crippen molar-refractivity contribution in [2.45, 2.75) is 66.9 Å². The monoisotopic (exact) mass is 1120 g/mol. The van der Waals surface area contributed by atoms with Gasteiger partial charge in [0.1, 0.15) is 27.2 Å². The number of hydrogen-bond acceptors (Lipinski definition) is 13. The zero-order valence-electron chi connectivity index (χ0n) is 42.3. The Hall–Kier alpha value is -7.94. The molecule has 78 heavy (non-hydrogen) atoms. The van der Waals surface area contributed by atoms with Crippen LogP contribution in [0.2, 0.25) is 5.02 Å². The van der Waals surface area contributed by atoms with Gasteiger partial charge in [0.15, 0.2) is 28.0 Å². The zero-order valence-corrected chi connectivity index (χ0v) is 44.7. The molecule has 1 aliphatic heterocycles. The highest BCUT2D eigenvalue weighted by Crippen LogP contribution is 2.41. The molecule has 0 saturated carbocycles. The van der Waals surface area contributed by atoms with Gasteiger partial charge in [0, 0.05) is 76.7 Å². The van der Waals surface area contributed by atoms with Crippen LogP contribution in [0.15, 0.2) is 116 Å². The zero-order chi connectivity index (χ0) is 54.9. The summed E-state index contributed by atoms with van der Waals surface area (Å²) in [6.07, 6.45) is 11.9. The Balaban J connectivity index is 0.881. The van der Waals surface area contributed by atoms with Crippen molar-refractivity contribution in [1.29, 1.82) is 0 Å². The minimum Gasteiger partial charge on any atom is -0.496 e. The molecule has 6 heterocycles. The Kier molecular flexibility index (Phi) is 15.2. The maximum absolute atomic E-state index is 16.7. The van der Waals surface area contributed by atoms with Gasteiger partial charge in [-0.15, -0.1) is 8.73 Å². The summed E-state index contributed by atoms with van der Waals surface area (Å²) in [6.45, 7) is 0.967. The van der Waals surface area contributed by atoms with Crippen LogP contribution < -0.4 is 50.3 Å². The fourth-order valence-electron chi connectivity index (χ4n) is 9.75. The molecule has 0 spiro atoms. The lowest BCUT2D eigenvalue weighted by atomic mass is 10.0. The second-order valence-electron chi connectivity index (χ2n) is 18.6. The molecule has 4 atom stereocenters. The molecule has 404 valence electrons. The molecule has 0 fully saturated rings. The lowest BCUT2D eigenvalue weighted by Gasteiger charge is -2.24. The summed E-state index contributed by atoms with van der Waals surface area (Å²) in [5.41, 5.74) is 5.85. The number of pyridine rings is 4. The highest BCUT2D eigenvalue weighted by atomic mass is 35.5. The van der Waals surface area contributed by atoms with Crippen LogP contribution in [0.25, 0.3) is 22.3 Å². The van der Waals surface area contributed by atoms with E-state index in [0.717, 1.165) is 17.7 Å². The van der Waals surface area contributed by atoms with Crippen LogP contribution in [0.4, 0.5) is 25.4 Å². The van der Waals surface area contributed by atoms with E-state index >= 15 is 4.39 Å². The third-order valence-electron chi connectivity index (χ3n) is 13.7. The predicted octanol–water partition coefficient (Wildman–Crippen LogP) is 6.15. The van der Waals surface area contributed by atoms with E-state index < -0.39 is 43.8 Å². The number of methoxy groups -OCH3 is 2. The fourth-order valence-corrected chi connectivity index (χ4v) is 11.8. The minimum absolute atomic E-state index is 0.0243. The van der Waals surface area contributed by atoms with Crippen LogP contribution in [0.3, 0.4) is 0 Å². The van der Waals surface area contributed by atoms with Crippen LogP contribution in [0.5, 0.6) is 17.5 Å². The molecule has 0 bridgehead atoms. The SMILES string of the molecule is CNC1COc2c(S(N)(=O)=NC(=O)Nc3c(-c4cc[n+](C5Cc6ncc(-c7ccnc(OC)c7)c(NC(=O)N=S(N)(=O)c7ccc(CCNC(=O)c8cc(Cl)ccc8OC)cc7)c6C5)cc4F)cnc4c3CCC4)cnn2C1. The minimum atomic E-state index is -3.84. The van der Waals surface area contributed by atoms with Gasteiger partial charge >= 0.3 is 12.1 Å². The standard InChI is InChI=1S/C52H52ClFN14O8S2/c1-57-32-26-68-50(76-28-32)45(25-62-68)78(56,73)66-52(71)63-47-36-5-4-6-42(36)60-24-40(47)35-15-18-67(27-41(35)54)33-21-37-43(22-33)61-23-39(30-14-17-58-46(19-30)75-3)48(37)64-51(70)65-77(55,72)34-10-7-29(8-11-34)13-16-59-49(69)38-20-31(53)9-12-44(38)74-2/h7-12,14-15,17-20,23-25,27,32-33,57H,4-6,13,16,21-22,26,28H2,1-3H3,(H6,55,56,58,59,61,64,65,66,69,70,71,72,73)/p+1. The van der Waals surface area contributed by atoms with Crippen LogP contribution >= 0.6 is 11.6 Å². The Morgan fingerprint density at radius 3 is 2.36 bits per heavy atom. The third kappa shape index (κ3) is 11.1. The number of fused-ring (bicyclic) bond motifs is 3. The summed E-state index contributed by atoms with van der Waals surface area (Å²) in [6, 6.07) is 13.7. The quantitative estimate of drug-likeness (QED) is 0.0668. The molecule has 10 rings (SSSR count). The smallest absolute Gasteiger partial charge is 0.354 e. The average molecular weight is 1120 g/mol. The number of amides is 5. The number of rotatable bonds is 14. The van der Waals surface area contributed by atoms with E-state index in [2.05, 4.69) is 45.1 Å². The van der Waals surface area contributed by atoms with Crippen molar-refractivity contribution in [3.05, 3.63) is 142 Å². The molecule has 8 N–H and O–H groups in total. The summed E-state index contributed by atoms with van der Waals surface area (Å²) in [4.78, 5) is 54.1. The van der Waals surface area contributed by atoms with Crippen molar-refractivity contribution in [3.63, 3.8) is 0 Å². The molecular formula is C52H53ClFN14O8S2+. The van der Waals surface area contributed by atoms with Crippen LogP contribution in [0, 0.1) is 5.82 Å². The fraction of sp³-hybridized carbons (Fsp3) is 0.269. The van der Waals surface area contributed by atoms with Crippen molar-refractivity contribution in [2.24, 2.45) is 19.0 Å². The van der Waals surface area contributed by atoms with Crippen molar-refractivity contribution in [1.82, 2.24) is 35.4 Å². The number of nitrogens with one attached hydrogen (secondary N) is 4. The van der Waals surface area contributed by atoms with E-state index in [1.807, 2.05) is 0 Å². The van der Waals surface area contributed by atoms with E-state index in [4.69, 9.17) is 41.1 Å². The molecule has 3 aliphatic rings. The maximum atomic E-state index is 16.7. The second kappa shape index (κ2) is 22.2. The van der Waals surface area contributed by atoms with Crippen LogP contribution in [-0.4, -0.2) is 91.6 Å². The number of urea groups is 2. The van der Waals surface area contributed by atoms with Crippen molar-refractivity contribution >= 4 is 60.8 Å². The van der Waals surface area contributed by atoms with Gasteiger partial charge in [-0.3, -0.25) is 14.8 Å². The van der Waals surface area contributed by atoms with Gasteiger partial charge in [-0.05, 0) is 85.8 Å². The summed E-state index contributed by atoms with van der Waals surface area (Å²) in [5, 5.41) is 28.7. The predicted molar refractivity (Wildman–Crippen MR) is 287 cm³/mol. The largest absolute Gasteiger partial charge is 0.496 e. The van der Waals surface area contributed by atoms with Crippen molar-refractivity contribution < 1.29 is 46.0 Å². The van der Waals surface area contributed by atoms with Gasteiger partial charge in [0.25, 0.3) is 5.91 Å². The van der Waals surface area contributed by atoms with Crippen LogP contribution in [-0.2, 0) is 58.5 Å². The number of ether oxygens (including phenoxy) is 3. The first-order valence-electron chi connectivity index (χ1n) is 24.5. The molecule has 26 heteroatoms. The topological polar surface area (TPSA) is 298 Å². The number of carbonyl (C=O) groups is 3. The number of aromatic nitrogens is 6. The molecular weight excluding hydrogens is 1070 g/mol. The molecule has 4 unspecified atom stereocenters. The molecule has 2 aromatic carbocycles. The normalized spacial score (nSPS) is 16.8. The van der Waals surface area contributed by atoms with Crippen molar-refractivity contribution in [2.75, 3.05) is 45.1 Å². The summed E-state index contributed by atoms with van der Waals surface area (Å²) >= 11 is 6.10. The number of anilines is 2. The summed E-state index contributed by atoms with van der Waals surface area (Å²) < 4.78 is 72.0. The first kappa shape index (κ1) is 53.5. The third-order valence-corrected chi connectivity index (χ3v) is 16.7. The molecule has 0 radical (unpaired) electrons. The van der Waals surface area contributed by atoms with Gasteiger partial charge in [-0.2, -0.15) is 14.1 Å². The molecule has 0 saturated heterocycles. The Morgan fingerprint density at radius 1 is 0.872 bits per heavy atom. The maximum Gasteiger partial charge on any atom is 0.354 e. The number of carbonyl (C=O) groups excluding carboxylic acids is 3. The van der Waals surface area contributed by atoms with E-state index in [1.54, 1.807) is 72.7 Å². The molecule has 22 nitrogen and oxygen atoms in total. The van der Waals surface area contributed by atoms with Gasteiger partial charge in [-0.25, -0.2) is 38.0 Å². The van der Waals surface area contributed by atoms with E-state index in [-0.39, 0.29) is 64.0 Å². The summed E-state index contributed by atoms with van der Waals surface area (Å²) in [5.74, 6) is -0.155. The van der Waals surface area contributed by atoms with E-state index in [9.17, 15) is 22.8 Å². The van der Waals surface area contributed by atoms with Gasteiger partial charge in [0.05, 0.1) is 67.0 Å². The highest BCUT2D eigenvalue weighted by molar-refractivity contribution is 7.92. The average Bonchev–Trinajstić information content (AvgIpc) is 4.41. The number of nitrogens with two attached hydrogens (primary N) is 2. The van der Waals surface area contributed by atoms with Gasteiger partial charge < -0.3 is 35.5 Å². The van der Waals surface area contributed by atoms with Gasteiger partial charge in [0.2, 0.25) is 18.0 Å². The Bertz CT molecular complexity index is 3810. The van der Waals surface area contributed by atoms with E-state index in [1.165, 1.54) is 55.7 Å². The Labute approximate surface area is 453 Å². The summed E-state index contributed by atoms with van der Waals surface area (Å²) in [7, 11) is -2.91. The molecule has 5 aromatic heterocycles. The lowest BCUT2D eigenvalue weighted by molar-refractivity contribution is -0.722. The number of likely N-dealkylation sites (N-methyl/N-ethyl adjacent to an activating group) is 1. The molecule has 7 aromatic rings. The first-order chi connectivity index (χ1) is 37.5. The molecule has 5 amide bonds. The highest BCUT2D eigenvalue weighted by Gasteiger charge is 2.35. The van der Waals surface area contributed by atoms with Gasteiger partial charge in [-0.1, -0.05) is 23.7 Å². The number of benzene rings is 2. The first-order valence-corrected chi connectivity index (χ1v) is 28.1. The Morgan fingerprint density at radius 2 is 1.62 bits per heavy atom. The molecule has 2 aliphatic carbocycles. The number of aryl methyl sites for hydroxylation is 1. The van der Waals surface area contributed by atoms with Crippen molar-refractivity contribution in [3.8, 4) is 39.8 Å². The number of nitrogens with zero attached hydrogens (tertiary/aromatic N) is 8. The number of hydrogen-bond donors (Lipinski definition) is 6. The second-order valence-corrected chi connectivity index (χ2v) is 22.6. The van der Waals surface area contributed by atoms with E-state index in [0.29, 0.717) is 88.1 Å². The number of halogens is 2. The lowest BCUT2D eigenvalue weighted by Crippen LogP contribution is -2.40.